The fourth-order valence-electron chi connectivity index (χ4n) is 11.5. The molecule has 0 saturated carbocycles. The van der Waals surface area contributed by atoms with E-state index in [2.05, 4.69) is 0 Å². The molecule has 15 rings (SSSR count). The van der Waals surface area contributed by atoms with Crippen LogP contribution in [0, 0.1) is 13.8 Å². The molecule has 24 heteroatoms. The Hall–Kier alpha value is -14.4. The number of imide groups is 8. The third kappa shape index (κ3) is 13.6. The zero-order chi connectivity index (χ0) is 71.5. The Labute approximate surface area is 573 Å². The van der Waals surface area contributed by atoms with Crippen LogP contribution < -0.4 is 39.2 Å². The molecule has 8 aliphatic rings. The number of hydrogen-bond acceptors (Lipinski definition) is 16. The molecule has 0 unspecified atom stereocenters. The van der Waals surface area contributed by atoms with Gasteiger partial charge in [0.2, 0.25) is 0 Å². The van der Waals surface area contributed by atoms with E-state index >= 15 is 0 Å². The summed E-state index contributed by atoms with van der Waals surface area (Å²) in [6, 6.07) is 45.5. The third-order valence-electron chi connectivity index (χ3n) is 16.4. The quantitative estimate of drug-likeness (QED) is 0.106. The van der Waals surface area contributed by atoms with Crippen LogP contribution in [0.2, 0.25) is 0 Å². The maximum absolute atomic E-state index is 11.9. The largest absolute Gasteiger partial charge is 0.269 e. The van der Waals surface area contributed by atoms with Gasteiger partial charge in [0, 0.05) is 97.2 Å². The summed E-state index contributed by atoms with van der Waals surface area (Å²) in [5.41, 5.74) is 11.0. The Bertz CT molecular complexity index is 4670. The molecule has 16 amide bonds. The van der Waals surface area contributed by atoms with E-state index in [1.54, 1.807) is 103 Å². The Balaban J connectivity index is 0.000000128. The number of rotatable bonds is 12. The van der Waals surface area contributed by atoms with Gasteiger partial charge in [0.05, 0.1) is 45.5 Å². The SMILES string of the molecule is Cc1cc(-c2ccc(N3C(=O)C=CC3=O)c(C)c2)ccc1N1C(=O)C=CC1=O.O=C1C=CC(=O)N1c1ccc(-c2ccc(N3C(=O)C=CC3=O)cc2)cc1.O=C1C=CC(=O)N1c1ccc(Cc2ccc(N3C(=O)C=CC3=O)cc2)cc1.O=C1C=CC(=O)N1c1cccc(N2C(=O)C=CC2=O)c1. The standard InChI is InChI=1S/C22H16N2O4.C21H14N2O4.C20H12N2O4.C14H8N2O4/c1-13-11-15(3-5-17(13)23-19(25)7-8-20(23)26)16-4-6-18(14(2)12-16)24-21(27)9-10-22(24)28;24-18-9-10-19(25)22(18)16-5-1-14(2-6-16)13-15-3-7-17(8-4-15)23-20(26)11-12-21(23)27;23-17-9-10-18(24)21(17)15-5-1-13(2-6-15)14-3-7-16(8-4-14)22-19(25)11-12-20(22)26;17-11-4-5-12(18)15(11)9-2-1-3-10(8-9)16-13(19)6-7-14(16)20/h3-12H,1-2H3;1-12H,13H2;1-12H;1-8H. The van der Waals surface area contributed by atoms with Crippen molar-refractivity contribution in [2.75, 3.05) is 39.2 Å². The minimum absolute atomic E-state index is 0.315. The summed E-state index contributed by atoms with van der Waals surface area (Å²) in [5, 5.41) is 0. The summed E-state index contributed by atoms with van der Waals surface area (Å²) in [5.74, 6) is -6.04. The maximum Gasteiger partial charge on any atom is 0.258 e. The number of aryl methyl sites for hydroxylation is 2. The van der Waals surface area contributed by atoms with Crippen LogP contribution >= 0.6 is 0 Å². The van der Waals surface area contributed by atoms with E-state index in [-0.39, 0.29) is 70.9 Å². The molecule has 0 N–H and O–H groups in total. The van der Waals surface area contributed by atoms with E-state index in [0.29, 0.717) is 51.9 Å². The van der Waals surface area contributed by atoms with Crippen molar-refractivity contribution in [2.45, 2.75) is 20.3 Å². The molecule has 7 aromatic carbocycles. The fraction of sp³-hybridized carbons (Fsp3) is 0.0390. The second kappa shape index (κ2) is 27.7. The highest BCUT2D eigenvalue weighted by molar-refractivity contribution is 6.33. The van der Waals surface area contributed by atoms with Gasteiger partial charge in [0.25, 0.3) is 94.5 Å². The summed E-state index contributed by atoms with van der Waals surface area (Å²) in [7, 11) is 0. The Morgan fingerprint density at radius 1 is 0.198 bits per heavy atom. The van der Waals surface area contributed by atoms with Crippen molar-refractivity contribution in [3.05, 3.63) is 277 Å². The molecule has 0 atom stereocenters. The molecule has 0 aromatic heterocycles. The molecule has 0 saturated heterocycles. The number of amides is 16. The second-order valence-corrected chi connectivity index (χ2v) is 22.9. The van der Waals surface area contributed by atoms with Gasteiger partial charge in [-0.05, 0) is 156 Å². The number of benzene rings is 7. The molecule has 101 heavy (non-hydrogen) atoms. The van der Waals surface area contributed by atoms with Crippen LogP contribution in [0.25, 0.3) is 22.3 Å². The molecule has 494 valence electrons. The van der Waals surface area contributed by atoms with Crippen LogP contribution in [-0.2, 0) is 83.1 Å². The Morgan fingerprint density at radius 2 is 0.396 bits per heavy atom. The van der Waals surface area contributed by atoms with Gasteiger partial charge < -0.3 is 0 Å². The van der Waals surface area contributed by atoms with Crippen molar-refractivity contribution in [1.82, 2.24) is 0 Å². The lowest BCUT2D eigenvalue weighted by Crippen LogP contribution is -2.31. The van der Waals surface area contributed by atoms with Gasteiger partial charge in [0.15, 0.2) is 0 Å². The summed E-state index contributed by atoms with van der Waals surface area (Å²) in [6.07, 6.45) is 20.3. The van der Waals surface area contributed by atoms with Crippen LogP contribution in [0.1, 0.15) is 22.3 Å². The number of hydrogen-bond donors (Lipinski definition) is 0. The first-order chi connectivity index (χ1) is 48.5. The first-order valence-electron chi connectivity index (χ1n) is 30.7. The first kappa shape index (κ1) is 66.6. The first-order valence-corrected chi connectivity index (χ1v) is 30.7. The average molecular weight is 1340 g/mol. The van der Waals surface area contributed by atoms with Crippen molar-refractivity contribution in [1.29, 1.82) is 0 Å². The van der Waals surface area contributed by atoms with Gasteiger partial charge >= 0.3 is 0 Å². The van der Waals surface area contributed by atoms with Crippen molar-refractivity contribution in [2.24, 2.45) is 0 Å². The van der Waals surface area contributed by atoms with Crippen LogP contribution in [0.5, 0.6) is 0 Å². The zero-order valence-electron chi connectivity index (χ0n) is 53.1. The lowest BCUT2D eigenvalue weighted by Gasteiger charge is -2.19. The van der Waals surface area contributed by atoms with E-state index in [9.17, 15) is 76.7 Å². The van der Waals surface area contributed by atoms with Crippen molar-refractivity contribution in [3.63, 3.8) is 0 Å². The molecule has 0 aliphatic carbocycles. The molecular formula is C77H50N8O16. The Morgan fingerprint density at radius 3 is 0.624 bits per heavy atom. The van der Waals surface area contributed by atoms with Gasteiger partial charge in [-0.2, -0.15) is 0 Å². The molecule has 0 radical (unpaired) electrons. The highest BCUT2D eigenvalue weighted by Gasteiger charge is 2.33. The number of anilines is 8. The summed E-state index contributed by atoms with van der Waals surface area (Å²) in [4.78, 5) is 196. The summed E-state index contributed by atoms with van der Waals surface area (Å²) in [6.45, 7) is 3.68. The number of carbonyl (C=O) groups excluding carboxylic acids is 16. The molecule has 24 nitrogen and oxygen atoms in total. The highest BCUT2D eigenvalue weighted by atomic mass is 16.2. The lowest BCUT2D eigenvalue weighted by atomic mass is 9.99. The molecule has 8 heterocycles. The molecule has 0 fully saturated rings. The molecule has 8 aliphatic heterocycles. The van der Waals surface area contributed by atoms with Crippen LogP contribution in [0.4, 0.5) is 45.5 Å². The molecule has 0 spiro atoms. The highest BCUT2D eigenvalue weighted by Crippen LogP contribution is 2.35. The predicted octanol–water partition coefficient (Wildman–Crippen LogP) is 7.72. The third-order valence-corrected chi connectivity index (χ3v) is 16.4. The number of carbonyl (C=O) groups is 16. The van der Waals surface area contributed by atoms with Crippen molar-refractivity contribution in [3.8, 4) is 22.3 Å². The monoisotopic (exact) mass is 1340 g/mol. The summed E-state index contributed by atoms with van der Waals surface area (Å²) < 4.78 is 0. The summed E-state index contributed by atoms with van der Waals surface area (Å²) >= 11 is 0. The lowest BCUT2D eigenvalue weighted by molar-refractivity contribution is -0.121. The maximum atomic E-state index is 11.9. The van der Waals surface area contributed by atoms with Crippen molar-refractivity contribution < 1.29 is 76.7 Å². The number of nitrogens with zero attached hydrogens (tertiary/aromatic N) is 8. The predicted molar refractivity (Wildman–Crippen MR) is 368 cm³/mol. The van der Waals surface area contributed by atoms with Crippen LogP contribution in [0.3, 0.4) is 0 Å². The van der Waals surface area contributed by atoms with Gasteiger partial charge in [-0.3, -0.25) is 76.7 Å². The van der Waals surface area contributed by atoms with Crippen LogP contribution in [-0.4, -0.2) is 94.5 Å². The molecule has 7 aromatic rings. The molecular weight excluding hydrogens is 1290 g/mol. The smallest absolute Gasteiger partial charge is 0.258 e. The average Bonchev–Trinajstić information content (AvgIpc) is 1.59. The van der Waals surface area contributed by atoms with E-state index in [4.69, 9.17) is 0 Å². The van der Waals surface area contributed by atoms with E-state index in [1.165, 1.54) is 103 Å². The minimum Gasteiger partial charge on any atom is -0.269 e. The van der Waals surface area contributed by atoms with Gasteiger partial charge in [-0.15, -0.1) is 0 Å². The normalized spacial score (nSPS) is 16.5. The van der Waals surface area contributed by atoms with Gasteiger partial charge in [0.1, 0.15) is 0 Å². The van der Waals surface area contributed by atoms with Crippen LogP contribution in [0.15, 0.2) is 255 Å². The van der Waals surface area contributed by atoms with E-state index in [1.807, 2.05) is 62.4 Å². The zero-order valence-corrected chi connectivity index (χ0v) is 53.1. The minimum atomic E-state index is -0.454. The fourth-order valence-corrected chi connectivity index (χ4v) is 11.5. The van der Waals surface area contributed by atoms with E-state index in [0.717, 1.165) is 83.7 Å². The van der Waals surface area contributed by atoms with Gasteiger partial charge in [-0.25, -0.2) is 39.2 Å². The van der Waals surface area contributed by atoms with E-state index < -0.39 is 23.6 Å². The Kier molecular flexibility index (Phi) is 18.3. The molecule has 0 bridgehead atoms. The van der Waals surface area contributed by atoms with Gasteiger partial charge in [-0.1, -0.05) is 66.7 Å². The van der Waals surface area contributed by atoms with Crippen molar-refractivity contribution >= 4 is 140 Å². The topological polar surface area (TPSA) is 299 Å². The second-order valence-electron chi connectivity index (χ2n) is 22.9.